The van der Waals surface area contributed by atoms with E-state index in [4.69, 9.17) is 4.74 Å². The third-order valence-electron chi connectivity index (χ3n) is 3.02. The van der Waals surface area contributed by atoms with Crippen molar-refractivity contribution in [1.29, 1.82) is 0 Å². The number of hydrogen-bond acceptors (Lipinski definition) is 4. The van der Waals surface area contributed by atoms with Crippen LogP contribution in [0, 0.1) is 11.3 Å². The molecule has 1 heterocycles. The Morgan fingerprint density at radius 2 is 1.78 bits per heavy atom. The van der Waals surface area contributed by atoms with E-state index in [-0.39, 0.29) is 17.3 Å². The fourth-order valence-electron chi connectivity index (χ4n) is 2.06. The van der Waals surface area contributed by atoms with Crippen LogP contribution in [-0.4, -0.2) is 23.1 Å². The lowest BCUT2D eigenvalue weighted by Crippen LogP contribution is -2.38. The van der Waals surface area contributed by atoms with Crippen molar-refractivity contribution in [2.24, 2.45) is 11.3 Å². The van der Waals surface area contributed by atoms with Crippen LogP contribution in [0.25, 0.3) is 0 Å². The summed E-state index contributed by atoms with van der Waals surface area (Å²) in [5, 5.41) is 0. The van der Waals surface area contributed by atoms with Crippen molar-refractivity contribution in [3.8, 4) is 0 Å². The highest BCUT2D eigenvalue weighted by Crippen LogP contribution is 2.32. The van der Waals surface area contributed by atoms with Crippen LogP contribution < -0.4 is 0 Å². The second-order valence-electron chi connectivity index (χ2n) is 6.02. The molecule has 0 saturated carbocycles. The lowest BCUT2D eigenvalue weighted by molar-refractivity contribution is -0.146. The Kier molecular flexibility index (Phi) is 3.52. The molecule has 4 heteroatoms. The summed E-state index contributed by atoms with van der Waals surface area (Å²) in [5.74, 6) is -1.53. The van der Waals surface area contributed by atoms with Gasteiger partial charge in [0.15, 0.2) is 5.78 Å². The van der Waals surface area contributed by atoms with Crippen LogP contribution in [0.2, 0.25) is 0 Å². The van der Waals surface area contributed by atoms with Crippen molar-refractivity contribution in [2.45, 2.75) is 47.1 Å². The summed E-state index contributed by atoms with van der Waals surface area (Å²) in [7, 11) is 0. The van der Waals surface area contributed by atoms with Crippen molar-refractivity contribution in [3.63, 3.8) is 0 Å². The van der Waals surface area contributed by atoms with Gasteiger partial charge < -0.3 is 4.74 Å². The van der Waals surface area contributed by atoms with Crippen LogP contribution in [0.3, 0.4) is 0 Å². The Labute approximate surface area is 107 Å². The predicted molar refractivity (Wildman–Crippen MR) is 66.9 cm³/mol. The molecule has 100 valence electrons. The van der Waals surface area contributed by atoms with Crippen LogP contribution in [0.4, 0.5) is 0 Å². The van der Waals surface area contributed by atoms with Gasteiger partial charge in [0.25, 0.3) is 0 Å². The third-order valence-corrected chi connectivity index (χ3v) is 3.02. The Morgan fingerprint density at radius 1 is 1.28 bits per heavy atom. The van der Waals surface area contributed by atoms with Gasteiger partial charge in [-0.05, 0) is 33.8 Å². The van der Waals surface area contributed by atoms with E-state index in [0.717, 1.165) is 0 Å². The van der Waals surface area contributed by atoms with Crippen LogP contribution >= 0.6 is 0 Å². The van der Waals surface area contributed by atoms with Crippen LogP contribution in [-0.2, 0) is 19.1 Å². The van der Waals surface area contributed by atoms with E-state index in [9.17, 15) is 14.4 Å². The van der Waals surface area contributed by atoms with Crippen LogP contribution in [0.1, 0.15) is 41.5 Å². The predicted octanol–water partition coefficient (Wildman–Crippen LogP) is 2.07. The highest BCUT2D eigenvalue weighted by atomic mass is 16.6. The zero-order valence-electron chi connectivity index (χ0n) is 11.8. The molecule has 0 aromatic rings. The molecular weight excluding hydrogens is 232 g/mol. The van der Waals surface area contributed by atoms with Gasteiger partial charge in [0.2, 0.25) is 0 Å². The maximum atomic E-state index is 12.3. The van der Waals surface area contributed by atoms with Gasteiger partial charge in [-0.3, -0.25) is 9.59 Å². The van der Waals surface area contributed by atoms with Gasteiger partial charge in [-0.1, -0.05) is 13.8 Å². The first-order valence-electron chi connectivity index (χ1n) is 6.04. The molecule has 1 rings (SSSR count). The number of Topliss-reactive ketones (excluding diaryl/α,β-unsaturated/α-hetero) is 2. The Balaban J connectivity index is 3.09. The van der Waals surface area contributed by atoms with Crippen LogP contribution in [0.15, 0.2) is 11.6 Å². The fourth-order valence-corrected chi connectivity index (χ4v) is 2.06. The molecule has 0 radical (unpaired) electrons. The second-order valence-corrected chi connectivity index (χ2v) is 6.02. The molecule has 0 aromatic heterocycles. The zero-order chi connectivity index (χ0) is 14.3. The smallest absolute Gasteiger partial charge is 0.342 e. The van der Waals surface area contributed by atoms with E-state index in [1.165, 1.54) is 6.08 Å². The summed E-state index contributed by atoms with van der Waals surface area (Å²) < 4.78 is 5.05. The standard InChI is InChI=1S/C14H20O4/c1-8(2)10(15)14(5,6)11(16)9-7-13(3,4)18-12(9)17/h7-8H,1-6H3. The number of carbonyl (C=O) groups is 3. The molecule has 0 bridgehead atoms. The van der Waals surface area contributed by atoms with Crippen molar-refractivity contribution in [2.75, 3.05) is 0 Å². The van der Waals surface area contributed by atoms with Gasteiger partial charge in [-0.2, -0.15) is 0 Å². The molecule has 0 N–H and O–H groups in total. The second kappa shape index (κ2) is 4.34. The number of rotatable bonds is 4. The van der Waals surface area contributed by atoms with Gasteiger partial charge in [0, 0.05) is 5.92 Å². The lowest BCUT2D eigenvalue weighted by Gasteiger charge is -2.23. The number of hydrogen-bond donors (Lipinski definition) is 0. The summed E-state index contributed by atoms with van der Waals surface area (Å²) >= 11 is 0. The van der Waals surface area contributed by atoms with Crippen molar-refractivity contribution in [3.05, 3.63) is 11.6 Å². The summed E-state index contributed by atoms with van der Waals surface area (Å²) in [6, 6.07) is 0. The highest BCUT2D eigenvalue weighted by Gasteiger charge is 2.44. The van der Waals surface area contributed by atoms with Gasteiger partial charge in [-0.15, -0.1) is 0 Å². The van der Waals surface area contributed by atoms with E-state index in [0.29, 0.717) is 0 Å². The normalized spacial score (nSPS) is 18.6. The topological polar surface area (TPSA) is 60.4 Å². The molecule has 0 atom stereocenters. The summed E-state index contributed by atoms with van der Waals surface area (Å²) in [5.41, 5.74) is -1.99. The number of cyclic esters (lactones) is 1. The molecule has 1 aliphatic rings. The molecule has 0 fully saturated rings. The number of ether oxygens (including phenoxy) is 1. The number of esters is 1. The van der Waals surface area contributed by atoms with E-state index in [1.54, 1.807) is 41.5 Å². The molecule has 0 aromatic carbocycles. The van der Waals surface area contributed by atoms with Crippen molar-refractivity contribution in [1.82, 2.24) is 0 Å². The molecule has 18 heavy (non-hydrogen) atoms. The monoisotopic (exact) mass is 252 g/mol. The summed E-state index contributed by atoms with van der Waals surface area (Å²) in [6.45, 7) is 9.98. The SMILES string of the molecule is CC(C)C(=O)C(C)(C)C(=O)C1=CC(C)(C)OC1=O. The molecule has 4 nitrogen and oxygen atoms in total. The van der Waals surface area contributed by atoms with Crippen molar-refractivity contribution < 1.29 is 19.1 Å². The minimum absolute atomic E-state index is 0.0148. The van der Waals surface area contributed by atoms with Gasteiger partial charge >= 0.3 is 5.97 Å². The first-order chi connectivity index (χ1) is 7.99. The van der Waals surface area contributed by atoms with E-state index < -0.39 is 22.8 Å². The highest BCUT2D eigenvalue weighted by molar-refractivity contribution is 6.26. The van der Waals surface area contributed by atoms with E-state index in [2.05, 4.69) is 0 Å². The van der Waals surface area contributed by atoms with Gasteiger partial charge in [-0.25, -0.2) is 4.79 Å². The number of carbonyl (C=O) groups excluding carboxylic acids is 3. The average molecular weight is 252 g/mol. The van der Waals surface area contributed by atoms with Crippen molar-refractivity contribution >= 4 is 17.5 Å². The first-order valence-corrected chi connectivity index (χ1v) is 6.04. The molecule has 0 unspecified atom stereocenters. The fraction of sp³-hybridized carbons (Fsp3) is 0.643. The Morgan fingerprint density at radius 3 is 2.11 bits per heavy atom. The average Bonchev–Trinajstić information content (AvgIpc) is 2.49. The minimum atomic E-state index is -1.20. The molecular formula is C14H20O4. The minimum Gasteiger partial charge on any atom is -0.452 e. The summed E-state index contributed by atoms with van der Waals surface area (Å²) in [4.78, 5) is 36.0. The summed E-state index contributed by atoms with van der Waals surface area (Å²) in [6.07, 6.45) is 1.49. The zero-order valence-corrected chi connectivity index (χ0v) is 11.8. The number of ketones is 2. The van der Waals surface area contributed by atoms with E-state index in [1.807, 2.05) is 0 Å². The third kappa shape index (κ3) is 2.52. The molecule has 1 aliphatic heterocycles. The molecule has 0 saturated heterocycles. The van der Waals surface area contributed by atoms with E-state index >= 15 is 0 Å². The van der Waals surface area contributed by atoms with Gasteiger partial charge in [0.05, 0.1) is 5.41 Å². The van der Waals surface area contributed by atoms with Gasteiger partial charge in [0.1, 0.15) is 17.0 Å². The first kappa shape index (κ1) is 14.6. The quantitative estimate of drug-likeness (QED) is 0.436. The Bertz CT molecular complexity index is 439. The molecule has 0 spiro atoms. The largest absolute Gasteiger partial charge is 0.452 e. The maximum absolute atomic E-state index is 12.3. The molecule has 0 amide bonds. The van der Waals surface area contributed by atoms with Crippen LogP contribution in [0.5, 0.6) is 0 Å². The lowest BCUT2D eigenvalue weighted by atomic mass is 9.76. The Hall–Kier alpha value is -1.45. The molecule has 0 aliphatic carbocycles. The maximum Gasteiger partial charge on any atom is 0.342 e.